The van der Waals surface area contributed by atoms with Crippen molar-refractivity contribution in [3.05, 3.63) is 59.7 Å². The lowest BCUT2D eigenvalue weighted by Gasteiger charge is -2.29. The molecule has 1 fully saturated rings. The lowest BCUT2D eigenvalue weighted by Crippen LogP contribution is -2.37. The van der Waals surface area contributed by atoms with Crippen molar-refractivity contribution in [2.45, 2.75) is 31.2 Å². The van der Waals surface area contributed by atoms with Crippen LogP contribution in [0.4, 0.5) is 5.69 Å². The molecule has 1 amide bonds. The Morgan fingerprint density at radius 3 is 2.31 bits per heavy atom. The quantitative estimate of drug-likeness (QED) is 0.785. The predicted molar refractivity (Wildman–Crippen MR) is 115 cm³/mol. The van der Waals surface area contributed by atoms with E-state index in [-0.39, 0.29) is 10.8 Å². The average molecular weight is 416 g/mol. The highest BCUT2D eigenvalue weighted by Crippen LogP contribution is 2.24. The number of para-hydroxylation sites is 1. The fourth-order valence-electron chi connectivity index (χ4n) is 3.47. The van der Waals surface area contributed by atoms with Gasteiger partial charge in [0.15, 0.2) is 0 Å². The minimum atomic E-state index is -3.51. The van der Waals surface area contributed by atoms with Crippen molar-refractivity contribution in [3.63, 3.8) is 0 Å². The van der Waals surface area contributed by atoms with Crippen molar-refractivity contribution in [2.75, 3.05) is 32.5 Å². The van der Waals surface area contributed by atoms with Crippen molar-refractivity contribution in [2.24, 2.45) is 5.92 Å². The lowest BCUT2D eigenvalue weighted by molar-refractivity contribution is 0.102. The van der Waals surface area contributed by atoms with E-state index < -0.39 is 10.0 Å². The maximum absolute atomic E-state index is 12.8. The molecule has 0 unspecified atom stereocenters. The Morgan fingerprint density at radius 1 is 1.07 bits per heavy atom. The number of sulfonamides is 1. The third-order valence-corrected chi connectivity index (χ3v) is 7.16. The Morgan fingerprint density at radius 2 is 1.69 bits per heavy atom. The van der Waals surface area contributed by atoms with Gasteiger partial charge in [-0.3, -0.25) is 4.79 Å². The summed E-state index contributed by atoms with van der Waals surface area (Å²) in [6.07, 6.45) is 1.76. The number of rotatable bonds is 6. The van der Waals surface area contributed by atoms with Crippen LogP contribution in [-0.4, -0.2) is 50.7 Å². The number of anilines is 1. The molecule has 0 aromatic heterocycles. The van der Waals surface area contributed by atoms with Crippen molar-refractivity contribution in [1.82, 2.24) is 9.21 Å². The van der Waals surface area contributed by atoms with Gasteiger partial charge >= 0.3 is 0 Å². The van der Waals surface area contributed by atoms with Gasteiger partial charge in [-0.2, -0.15) is 4.31 Å². The number of nitrogens with zero attached hydrogens (tertiary/aromatic N) is 2. The maximum Gasteiger partial charge on any atom is 0.255 e. The molecule has 6 nitrogen and oxygen atoms in total. The van der Waals surface area contributed by atoms with Crippen LogP contribution in [0.1, 0.15) is 35.7 Å². The molecule has 0 aliphatic carbocycles. The molecular weight excluding hydrogens is 386 g/mol. The number of piperidine rings is 1. The molecule has 7 heteroatoms. The first-order chi connectivity index (χ1) is 13.8. The first-order valence-corrected chi connectivity index (χ1v) is 11.4. The highest BCUT2D eigenvalue weighted by atomic mass is 32.2. The molecule has 1 saturated heterocycles. The van der Waals surface area contributed by atoms with E-state index in [4.69, 9.17) is 0 Å². The van der Waals surface area contributed by atoms with Gasteiger partial charge in [0, 0.05) is 30.9 Å². The summed E-state index contributed by atoms with van der Waals surface area (Å²) in [5.74, 6) is 0.301. The standard InChI is InChI=1S/C22H29N3O3S/c1-17-12-14-25(15-13-17)29(27,28)20-10-8-18(9-11-20)22(26)23-21-7-5-4-6-19(21)16-24(2)3/h4-11,17H,12-16H2,1-3H3,(H,23,26). The fourth-order valence-corrected chi connectivity index (χ4v) is 4.94. The Labute approximate surface area is 173 Å². The zero-order chi connectivity index (χ0) is 21.0. The van der Waals surface area contributed by atoms with Gasteiger partial charge in [-0.1, -0.05) is 25.1 Å². The number of carbonyl (C=O) groups excluding carboxylic acids is 1. The summed E-state index contributed by atoms with van der Waals surface area (Å²) >= 11 is 0. The van der Waals surface area contributed by atoms with Gasteiger partial charge in [0.25, 0.3) is 5.91 Å². The molecule has 156 valence electrons. The topological polar surface area (TPSA) is 69.7 Å². The van der Waals surface area contributed by atoms with Crippen LogP contribution in [0.25, 0.3) is 0 Å². The number of nitrogens with one attached hydrogen (secondary N) is 1. The smallest absolute Gasteiger partial charge is 0.255 e. The number of amides is 1. The zero-order valence-corrected chi connectivity index (χ0v) is 18.1. The normalized spacial score (nSPS) is 16.1. The van der Waals surface area contributed by atoms with Gasteiger partial charge in [-0.05, 0) is 68.8 Å². The monoisotopic (exact) mass is 415 g/mol. The Balaban J connectivity index is 1.73. The van der Waals surface area contributed by atoms with Crippen LogP contribution in [0.2, 0.25) is 0 Å². The molecule has 2 aromatic rings. The molecule has 0 bridgehead atoms. The molecular formula is C22H29N3O3S. The van der Waals surface area contributed by atoms with Crippen LogP contribution in [0.15, 0.2) is 53.4 Å². The minimum Gasteiger partial charge on any atom is -0.322 e. The van der Waals surface area contributed by atoms with E-state index >= 15 is 0 Å². The molecule has 0 spiro atoms. The summed E-state index contributed by atoms with van der Waals surface area (Å²) in [7, 11) is 0.435. The highest BCUT2D eigenvalue weighted by molar-refractivity contribution is 7.89. The van der Waals surface area contributed by atoms with E-state index in [1.807, 2.05) is 43.3 Å². The second-order valence-corrected chi connectivity index (χ2v) is 9.90. The molecule has 1 N–H and O–H groups in total. The molecule has 0 radical (unpaired) electrons. The van der Waals surface area contributed by atoms with Crippen LogP contribution in [0.3, 0.4) is 0 Å². The van der Waals surface area contributed by atoms with Gasteiger partial charge in [-0.25, -0.2) is 8.42 Å². The van der Waals surface area contributed by atoms with Crippen molar-refractivity contribution in [3.8, 4) is 0 Å². The van der Waals surface area contributed by atoms with Crippen LogP contribution < -0.4 is 5.32 Å². The van der Waals surface area contributed by atoms with Gasteiger partial charge in [0.1, 0.15) is 0 Å². The van der Waals surface area contributed by atoms with Gasteiger partial charge < -0.3 is 10.2 Å². The first-order valence-electron chi connectivity index (χ1n) is 9.91. The average Bonchev–Trinajstić information content (AvgIpc) is 2.69. The molecule has 0 saturated carbocycles. The van der Waals surface area contributed by atoms with Crippen molar-refractivity contribution >= 4 is 21.6 Å². The second kappa shape index (κ2) is 9.07. The molecule has 1 heterocycles. The zero-order valence-electron chi connectivity index (χ0n) is 17.3. The van der Waals surface area contributed by atoms with Crippen molar-refractivity contribution in [1.29, 1.82) is 0 Å². The molecule has 1 aliphatic heterocycles. The van der Waals surface area contributed by atoms with E-state index in [0.29, 0.717) is 31.1 Å². The number of hydrogen-bond acceptors (Lipinski definition) is 4. The fraction of sp³-hybridized carbons (Fsp3) is 0.409. The highest BCUT2D eigenvalue weighted by Gasteiger charge is 2.28. The van der Waals surface area contributed by atoms with Crippen LogP contribution in [-0.2, 0) is 16.6 Å². The summed E-state index contributed by atoms with van der Waals surface area (Å²) < 4.78 is 27.2. The van der Waals surface area contributed by atoms with E-state index in [1.54, 1.807) is 16.4 Å². The summed E-state index contributed by atoms with van der Waals surface area (Å²) in [5, 5.41) is 2.93. The SMILES string of the molecule is CC1CCN(S(=O)(=O)c2ccc(C(=O)Nc3ccccc3CN(C)C)cc2)CC1. The Hall–Kier alpha value is -2.22. The van der Waals surface area contributed by atoms with Crippen LogP contribution in [0, 0.1) is 5.92 Å². The molecule has 0 atom stereocenters. The first kappa shape index (κ1) is 21.5. The number of hydrogen-bond donors (Lipinski definition) is 1. The molecule has 29 heavy (non-hydrogen) atoms. The molecule has 1 aliphatic rings. The number of carbonyl (C=O) groups is 1. The maximum atomic E-state index is 12.8. The molecule has 3 rings (SSSR count). The van der Waals surface area contributed by atoms with Crippen LogP contribution >= 0.6 is 0 Å². The minimum absolute atomic E-state index is 0.233. The summed E-state index contributed by atoms with van der Waals surface area (Å²) in [5.41, 5.74) is 2.20. The van der Waals surface area contributed by atoms with Gasteiger partial charge in [-0.15, -0.1) is 0 Å². The lowest BCUT2D eigenvalue weighted by atomic mass is 10.0. The van der Waals surface area contributed by atoms with E-state index in [0.717, 1.165) is 24.1 Å². The molecule has 2 aromatic carbocycles. The second-order valence-electron chi connectivity index (χ2n) is 7.96. The third kappa shape index (κ3) is 5.23. The van der Waals surface area contributed by atoms with E-state index in [2.05, 4.69) is 12.2 Å². The summed E-state index contributed by atoms with van der Waals surface area (Å²) in [6.45, 7) is 3.96. The van der Waals surface area contributed by atoms with Gasteiger partial charge in [0.2, 0.25) is 10.0 Å². The number of benzene rings is 2. The van der Waals surface area contributed by atoms with E-state index in [9.17, 15) is 13.2 Å². The third-order valence-electron chi connectivity index (χ3n) is 5.25. The van der Waals surface area contributed by atoms with Crippen molar-refractivity contribution < 1.29 is 13.2 Å². The van der Waals surface area contributed by atoms with Gasteiger partial charge in [0.05, 0.1) is 4.90 Å². The van der Waals surface area contributed by atoms with E-state index in [1.165, 1.54) is 12.1 Å². The predicted octanol–water partition coefficient (Wildman–Crippen LogP) is 3.42. The Kier molecular flexibility index (Phi) is 6.72. The van der Waals surface area contributed by atoms with Crippen LogP contribution in [0.5, 0.6) is 0 Å². The summed E-state index contributed by atoms with van der Waals surface area (Å²) in [6, 6.07) is 13.9. The largest absolute Gasteiger partial charge is 0.322 e. The summed E-state index contributed by atoms with van der Waals surface area (Å²) in [4.78, 5) is 14.9. The Bertz CT molecular complexity index is 948.